The second-order valence-electron chi connectivity index (χ2n) is 3.91. The Morgan fingerprint density at radius 1 is 1.50 bits per heavy atom. The molecule has 1 aromatic rings. The Balaban J connectivity index is 2.40. The summed E-state index contributed by atoms with van der Waals surface area (Å²) in [5.74, 6) is 0.226. The van der Waals surface area contributed by atoms with Gasteiger partial charge in [0.25, 0.3) is 0 Å². The van der Waals surface area contributed by atoms with Crippen LogP contribution in [0.15, 0.2) is 24.3 Å². The van der Waals surface area contributed by atoms with E-state index in [1.165, 1.54) is 0 Å². The summed E-state index contributed by atoms with van der Waals surface area (Å²) in [7, 11) is 0. The van der Waals surface area contributed by atoms with E-state index < -0.39 is 0 Å². The van der Waals surface area contributed by atoms with Crippen molar-refractivity contribution in [3.05, 3.63) is 34.9 Å². The summed E-state index contributed by atoms with van der Waals surface area (Å²) in [5.41, 5.74) is 6.38. The van der Waals surface area contributed by atoms with Gasteiger partial charge in [0.15, 0.2) is 0 Å². The molecule has 0 saturated heterocycles. The fourth-order valence-corrected chi connectivity index (χ4v) is 1.51. The molecule has 0 aliphatic rings. The number of rotatable bonds is 5. The first-order chi connectivity index (χ1) is 7.63. The van der Waals surface area contributed by atoms with Gasteiger partial charge in [0, 0.05) is 18.0 Å². The molecular weight excluding hydrogens is 224 g/mol. The maximum atomic E-state index is 11.5. The Morgan fingerprint density at radius 3 is 2.81 bits per heavy atom. The highest BCUT2D eigenvalue weighted by Crippen LogP contribution is 2.14. The van der Waals surface area contributed by atoms with Gasteiger partial charge >= 0.3 is 0 Å². The topological polar surface area (TPSA) is 55.1 Å². The van der Waals surface area contributed by atoms with Crippen LogP contribution in [0.3, 0.4) is 0 Å². The molecule has 0 spiro atoms. The van der Waals surface area contributed by atoms with Gasteiger partial charge in [-0.25, -0.2) is 0 Å². The van der Waals surface area contributed by atoms with Crippen molar-refractivity contribution in [3.8, 4) is 0 Å². The minimum absolute atomic E-state index is 0.0119. The zero-order chi connectivity index (χ0) is 12.0. The highest BCUT2D eigenvalue weighted by Gasteiger charge is 2.07. The lowest BCUT2D eigenvalue weighted by atomic mass is 10.1. The molecule has 0 aliphatic carbocycles. The molecule has 1 amide bonds. The first-order valence-electron chi connectivity index (χ1n) is 5.33. The molecule has 88 valence electrons. The van der Waals surface area contributed by atoms with E-state index in [4.69, 9.17) is 17.3 Å². The van der Waals surface area contributed by atoms with E-state index in [1.54, 1.807) is 0 Å². The molecule has 1 rings (SSSR count). The number of carbonyl (C=O) groups excluding carboxylic acids is 1. The van der Waals surface area contributed by atoms with Gasteiger partial charge in [0.1, 0.15) is 0 Å². The van der Waals surface area contributed by atoms with Crippen molar-refractivity contribution in [1.29, 1.82) is 0 Å². The van der Waals surface area contributed by atoms with Gasteiger partial charge in [0.05, 0.1) is 0 Å². The molecule has 0 aliphatic heterocycles. The summed E-state index contributed by atoms with van der Waals surface area (Å²) in [4.78, 5) is 11.5. The molecule has 0 fully saturated rings. The number of nitrogens with two attached hydrogens (primary N) is 1. The number of amides is 1. The molecule has 0 aromatic heterocycles. The van der Waals surface area contributed by atoms with Gasteiger partial charge in [-0.15, -0.1) is 0 Å². The predicted octanol–water partition coefficient (Wildman–Crippen LogP) is 1.94. The Bertz CT molecular complexity index is 355. The molecule has 3 N–H and O–H groups in total. The minimum atomic E-state index is 0.0119. The van der Waals surface area contributed by atoms with E-state index >= 15 is 0 Å². The van der Waals surface area contributed by atoms with Crippen LogP contribution in [0.4, 0.5) is 0 Å². The molecule has 3 nitrogen and oxygen atoms in total. The first-order valence-corrected chi connectivity index (χ1v) is 5.71. The van der Waals surface area contributed by atoms with E-state index in [0.717, 1.165) is 5.56 Å². The lowest BCUT2D eigenvalue weighted by Crippen LogP contribution is -2.26. The summed E-state index contributed by atoms with van der Waals surface area (Å²) < 4.78 is 0. The van der Waals surface area contributed by atoms with Crippen LogP contribution in [0.25, 0.3) is 0 Å². The van der Waals surface area contributed by atoms with Crippen LogP contribution in [0.5, 0.6) is 0 Å². The van der Waals surface area contributed by atoms with Crippen molar-refractivity contribution in [2.24, 2.45) is 11.7 Å². The molecule has 1 unspecified atom stereocenters. The van der Waals surface area contributed by atoms with E-state index in [9.17, 15) is 4.79 Å². The van der Waals surface area contributed by atoms with Crippen LogP contribution >= 0.6 is 11.6 Å². The zero-order valence-electron chi connectivity index (χ0n) is 9.37. The monoisotopic (exact) mass is 240 g/mol. The van der Waals surface area contributed by atoms with Crippen molar-refractivity contribution in [1.82, 2.24) is 5.32 Å². The maximum Gasteiger partial charge on any atom is 0.220 e. The molecule has 0 heterocycles. The van der Waals surface area contributed by atoms with Gasteiger partial charge in [-0.2, -0.15) is 0 Å². The lowest BCUT2D eigenvalue weighted by molar-refractivity contribution is -0.122. The fourth-order valence-electron chi connectivity index (χ4n) is 1.31. The van der Waals surface area contributed by atoms with E-state index in [2.05, 4.69) is 5.32 Å². The van der Waals surface area contributed by atoms with Crippen LogP contribution in [-0.2, 0) is 11.3 Å². The average Bonchev–Trinajstić information content (AvgIpc) is 2.28. The summed E-state index contributed by atoms with van der Waals surface area (Å²) in [6.45, 7) is 2.95. The Morgan fingerprint density at radius 2 is 2.19 bits per heavy atom. The number of nitrogens with one attached hydrogen (secondary N) is 1. The number of carbonyl (C=O) groups is 1. The minimum Gasteiger partial charge on any atom is -0.352 e. The van der Waals surface area contributed by atoms with Crippen molar-refractivity contribution >= 4 is 17.5 Å². The Hall–Kier alpha value is -1.06. The third-order valence-electron chi connectivity index (χ3n) is 2.37. The average molecular weight is 241 g/mol. The molecule has 0 radical (unpaired) electrons. The molecule has 4 heteroatoms. The first kappa shape index (κ1) is 13.0. The number of halogens is 1. The smallest absolute Gasteiger partial charge is 0.220 e. The third kappa shape index (κ3) is 4.21. The maximum absolute atomic E-state index is 11.5. The SMILES string of the molecule is CC(CN)CC(=O)NCc1ccccc1Cl. The third-order valence-corrected chi connectivity index (χ3v) is 2.74. The Kier molecular flexibility index (Phi) is 5.29. The van der Waals surface area contributed by atoms with E-state index in [1.807, 2.05) is 31.2 Å². The number of hydrogen-bond donors (Lipinski definition) is 2. The van der Waals surface area contributed by atoms with Crippen molar-refractivity contribution in [2.75, 3.05) is 6.54 Å². The van der Waals surface area contributed by atoms with Crippen molar-refractivity contribution in [3.63, 3.8) is 0 Å². The van der Waals surface area contributed by atoms with Crippen LogP contribution < -0.4 is 11.1 Å². The van der Waals surface area contributed by atoms with E-state index in [-0.39, 0.29) is 11.8 Å². The highest BCUT2D eigenvalue weighted by molar-refractivity contribution is 6.31. The van der Waals surface area contributed by atoms with E-state index in [0.29, 0.717) is 24.5 Å². The summed E-state index contributed by atoms with van der Waals surface area (Å²) in [6.07, 6.45) is 0.459. The molecule has 1 atom stereocenters. The number of hydrogen-bond acceptors (Lipinski definition) is 2. The molecule has 0 saturated carbocycles. The van der Waals surface area contributed by atoms with Crippen LogP contribution in [0.2, 0.25) is 5.02 Å². The largest absolute Gasteiger partial charge is 0.352 e. The Labute approximate surface area is 101 Å². The molecule has 1 aromatic carbocycles. The van der Waals surface area contributed by atoms with Crippen molar-refractivity contribution < 1.29 is 4.79 Å². The van der Waals surface area contributed by atoms with Gasteiger partial charge < -0.3 is 11.1 Å². The van der Waals surface area contributed by atoms with Crippen LogP contribution in [0.1, 0.15) is 18.9 Å². The van der Waals surface area contributed by atoms with Gasteiger partial charge in [0.2, 0.25) is 5.91 Å². The summed E-state index contributed by atoms with van der Waals surface area (Å²) in [6, 6.07) is 7.47. The van der Waals surface area contributed by atoms with Gasteiger partial charge in [-0.05, 0) is 24.1 Å². The second kappa shape index (κ2) is 6.51. The lowest BCUT2D eigenvalue weighted by Gasteiger charge is -2.09. The van der Waals surface area contributed by atoms with Gasteiger partial charge in [-0.1, -0.05) is 36.7 Å². The quantitative estimate of drug-likeness (QED) is 0.827. The number of benzene rings is 1. The van der Waals surface area contributed by atoms with Crippen molar-refractivity contribution in [2.45, 2.75) is 19.9 Å². The molecular formula is C12H17ClN2O. The zero-order valence-corrected chi connectivity index (χ0v) is 10.1. The normalized spacial score (nSPS) is 12.2. The van der Waals surface area contributed by atoms with Crippen LogP contribution in [-0.4, -0.2) is 12.5 Å². The van der Waals surface area contributed by atoms with Gasteiger partial charge in [-0.3, -0.25) is 4.79 Å². The highest BCUT2D eigenvalue weighted by atomic mass is 35.5. The molecule has 0 bridgehead atoms. The predicted molar refractivity (Wildman–Crippen MR) is 66.1 cm³/mol. The standard InChI is InChI=1S/C12H17ClN2O/c1-9(7-14)6-12(16)15-8-10-4-2-3-5-11(10)13/h2-5,9H,6-8,14H2,1H3,(H,15,16). The summed E-state index contributed by atoms with van der Waals surface area (Å²) in [5, 5.41) is 3.50. The van der Waals surface area contributed by atoms with Crippen LogP contribution in [0, 0.1) is 5.92 Å². The fraction of sp³-hybridized carbons (Fsp3) is 0.417. The molecule has 16 heavy (non-hydrogen) atoms. The summed E-state index contributed by atoms with van der Waals surface area (Å²) >= 11 is 5.97. The second-order valence-corrected chi connectivity index (χ2v) is 4.32.